The number of nitrogens with one attached hydrogen (secondary N) is 1. The van der Waals surface area contributed by atoms with Gasteiger partial charge in [0.2, 0.25) is 5.91 Å². The lowest BCUT2D eigenvalue weighted by atomic mass is 9.77. The summed E-state index contributed by atoms with van der Waals surface area (Å²) in [6.07, 6.45) is 11.7. The zero-order valence-corrected chi connectivity index (χ0v) is 22.8. The number of amides is 1. The molecule has 3 saturated carbocycles. The minimum absolute atomic E-state index is 0.0526. The number of hydrogen-bond acceptors (Lipinski definition) is 9. The Bertz CT molecular complexity index is 1330. The monoisotopic (exact) mass is 549 g/mol. The lowest BCUT2D eigenvalue weighted by Crippen LogP contribution is -2.57. The second kappa shape index (κ2) is 10.8. The molecule has 3 aliphatic carbocycles. The highest BCUT2D eigenvalue weighted by Gasteiger charge is 2.45. The van der Waals surface area contributed by atoms with Crippen LogP contribution in [0.2, 0.25) is 0 Å². The number of aromatic nitrogens is 3. The van der Waals surface area contributed by atoms with Crippen LogP contribution in [0, 0.1) is 5.92 Å². The van der Waals surface area contributed by atoms with Gasteiger partial charge >= 0.3 is 0 Å². The maximum Gasteiger partial charge on any atom is 0.229 e. The van der Waals surface area contributed by atoms with Crippen molar-refractivity contribution in [2.75, 3.05) is 18.5 Å². The van der Waals surface area contributed by atoms with Gasteiger partial charge in [-0.15, -0.1) is 0 Å². The molecule has 3 heterocycles. The van der Waals surface area contributed by atoms with Gasteiger partial charge in [0.15, 0.2) is 11.0 Å². The van der Waals surface area contributed by atoms with Gasteiger partial charge in [-0.05, 0) is 69.1 Å². The average Bonchev–Trinajstić information content (AvgIpc) is 3.66. The number of carbonyl (C=O) groups is 1. The molecule has 1 amide bonds. The smallest absolute Gasteiger partial charge is 0.229 e. The van der Waals surface area contributed by atoms with Crippen molar-refractivity contribution >= 4 is 32.6 Å². The first-order chi connectivity index (χ1) is 19.1. The van der Waals surface area contributed by atoms with Crippen LogP contribution in [0.25, 0.3) is 21.3 Å². The van der Waals surface area contributed by atoms with Crippen LogP contribution in [0.1, 0.15) is 57.2 Å². The van der Waals surface area contributed by atoms with E-state index < -0.39 is 0 Å². The number of carbonyl (C=O) groups excluding carboxylic acids is 1. The van der Waals surface area contributed by atoms with E-state index in [1.165, 1.54) is 30.6 Å². The third-order valence-corrected chi connectivity index (χ3v) is 9.91. The molecule has 4 aliphatic rings. The van der Waals surface area contributed by atoms with E-state index in [0.717, 1.165) is 66.6 Å². The predicted octanol–water partition coefficient (Wildman–Crippen LogP) is 4.15. The molecular weight excluding hydrogens is 514 g/mol. The Morgan fingerprint density at radius 2 is 1.97 bits per heavy atom. The fraction of sp³-hybridized carbons (Fsp3) is 0.586. The summed E-state index contributed by atoms with van der Waals surface area (Å²) in [5.41, 5.74) is 2.78. The van der Waals surface area contributed by atoms with Crippen molar-refractivity contribution in [2.24, 2.45) is 5.92 Å². The molecule has 3 aromatic rings. The van der Waals surface area contributed by atoms with Crippen molar-refractivity contribution in [1.29, 1.82) is 0 Å². The number of rotatable bonds is 7. The van der Waals surface area contributed by atoms with E-state index in [9.17, 15) is 9.90 Å². The maximum absolute atomic E-state index is 13.0. The van der Waals surface area contributed by atoms with Crippen LogP contribution >= 0.6 is 11.3 Å². The van der Waals surface area contributed by atoms with Crippen LogP contribution < -0.4 is 5.32 Å². The summed E-state index contributed by atoms with van der Waals surface area (Å²) in [6.45, 7) is 2.11. The lowest BCUT2D eigenvalue weighted by Gasteiger charge is -2.48. The van der Waals surface area contributed by atoms with Gasteiger partial charge in [-0.3, -0.25) is 9.69 Å². The average molecular weight is 550 g/mol. The summed E-state index contributed by atoms with van der Waals surface area (Å²) < 4.78 is 12.8. The Hall–Kier alpha value is -2.50. The van der Waals surface area contributed by atoms with Crippen LogP contribution in [0.5, 0.6) is 0 Å². The van der Waals surface area contributed by atoms with Crippen LogP contribution in [-0.2, 0) is 20.9 Å². The Labute approximate surface area is 232 Å². The summed E-state index contributed by atoms with van der Waals surface area (Å²) in [5, 5.41) is 13.7. The van der Waals surface area contributed by atoms with Gasteiger partial charge in [0.05, 0.1) is 35.1 Å². The lowest BCUT2D eigenvalue weighted by molar-refractivity contribution is -0.129. The highest BCUT2D eigenvalue weighted by atomic mass is 32.1. The van der Waals surface area contributed by atoms with E-state index >= 15 is 0 Å². The molecule has 1 saturated heterocycles. The Morgan fingerprint density at radius 3 is 2.79 bits per heavy atom. The van der Waals surface area contributed by atoms with E-state index in [1.807, 2.05) is 12.1 Å². The Kier molecular flexibility index (Phi) is 7.06. The summed E-state index contributed by atoms with van der Waals surface area (Å²) in [4.78, 5) is 29.2. The molecule has 0 unspecified atom stereocenters. The number of hydrogen-bond donors (Lipinski definition) is 2. The number of nitrogens with zero attached hydrogens (tertiary/aromatic N) is 4. The van der Waals surface area contributed by atoms with Crippen LogP contribution in [0.3, 0.4) is 0 Å². The van der Waals surface area contributed by atoms with Crippen LogP contribution in [0.4, 0.5) is 5.13 Å². The quantitative estimate of drug-likeness (QED) is 0.452. The van der Waals surface area contributed by atoms with Gasteiger partial charge in [0.25, 0.3) is 0 Å². The van der Waals surface area contributed by atoms with Gasteiger partial charge in [0.1, 0.15) is 6.61 Å². The van der Waals surface area contributed by atoms with E-state index in [4.69, 9.17) is 9.47 Å². The van der Waals surface area contributed by atoms with Crippen molar-refractivity contribution in [2.45, 2.75) is 88.4 Å². The summed E-state index contributed by atoms with van der Waals surface area (Å²) in [7, 11) is 0. The minimum Gasteiger partial charge on any atom is -0.390 e. The minimum atomic E-state index is -0.384. The Balaban J connectivity index is 0.949. The van der Waals surface area contributed by atoms with E-state index in [1.54, 1.807) is 12.4 Å². The fourth-order valence-electron chi connectivity index (χ4n) is 6.71. The van der Waals surface area contributed by atoms with Gasteiger partial charge in [0, 0.05) is 42.5 Å². The molecule has 4 atom stereocenters. The van der Waals surface area contributed by atoms with Gasteiger partial charge in [-0.25, -0.2) is 15.0 Å². The molecule has 0 spiro atoms. The summed E-state index contributed by atoms with van der Waals surface area (Å²) in [5.74, 6) is 0.742. The molecule has 39 heavy (non-hydrogen) atoms. The first kappa shape index (κ1) is 25.5. The standard InChI is InChI=1S/C29H35N5O4S/c35-23-4-2-6-25(23)38-16-27-30-14-19(15-31-27)17-7-8-21-26(13-17)39-29(32-21)33-28(36)18-11-20(12-18)34-9-10-37-24-5-1-3-22(24)34/h7-8,13-15,18,20,22-25,35H,1-6,9-12,16H2,(H,32,33,36)/t18?,20?,22-,23-,24+,25-/m0/s1. The third kappa shape index (κ3) is 5.20. The van der Waals surface area contributed by atoms with Crippen LogP contribution in [-0.4, -0.2) is 74.4 Å². The molecular formula is C29H35N5O4S. The number of benzene rings is 1. The van der Waals surface area contributed by atoms with Gasteiger partial charge in [-0.1, -0.05) is 17.4 Å². The highest BCUT2D eigenvalue weighted by Crippen LogP contribution is 2.40. The summed E-state index contributed by atoms with van der Waals surface area (Å²) in [6, 6.07) is 7.11. The molecule has 2 N–H and O–H groups in total. The molecule has 1 aromatic carbocycles. The molecule has 7 rings (SSSR count). The zero-order valence-electron chi connectivity index (χ0n) is 22.0. The third-order valence-electron chi connectivity index (χ3n) is 8.98. The summed E-state index contributed by atoms with van der Waals surface area (Å²) >= 11 is 1.50. The number of ether oxygens (including phenoxy) is 2. The highest BCUT2D eigenvalue weighted by molar-refractivity contribution is 7.22. The topological polar surface area (TPSA) is 110 Å². The fourth-order valence-corrected chi connectivity index (χ4v) is 7.62. The van der Waals surface area contributed by atoms with E-state index in [-0.39, 0.29) is 24.0 Å². The molecule has 10 heteroatoms. The first-order valence-corrected chi connectivity index (χ1v) is 15.1. The number of morpholine rings is 1. The molecule has 9 nitrogen and oxygen atoms in total. The molecule has 2 aromatic heterocycles. The van der Waals surface area contributed by atoms with Crippen molar-refractivity contribution in [3.05, 3.63) is 36.4 Å². The predicted molar refractivity (Wildman–Crippen MR) is 148 cm³/mol. The van der Waals surface area contributed by atoms with Crippen molar-refractivity contribution < 1.29 is 19.4 Å². The zero-order chi connectivity index (χ0) is 26.3. The molecule has 206 valence electrons. The van der Waals surface area contributed by atoms with Gasteiger partial charge in [-0.2, -0.15) is 0 Å². The van der Waals surface area contributed by atoms with Crippen LogP contribution in [0.15, 0.2) is 30.6 Å². The largest absolute Gasteiger partial charge is 0.390 e. The Morgan fingerprint density at radius 1 is 1.13 bits per heavy atom. The van der Waals surface area contributed by atoms with Gasteiger partial charge < -0.3 is 19.9 Å². The maximum atomic E-state index is 13.0. The van der Waals surface area contributed by atoms with Crippen molar-refractivity contribution in [3.63, 3.8) is 0 Å². The second-order valence-corrected chi connectivity index (χ2v) is 12.4. The normalized spacial score (nSPS) is 30.8. The van der Waals surface area contributed by atoms with E-state index in [2.05, 4.69) is 31.2 Å². The van der Waals surface area contributed by atoms with E-state index in [0.29, 0.717) is 35.8 Å². The first-order valence-electron chi connectivity index (χ1n) is 14.3. The number of fused-ring (bicyclic) bond motifs is 2. The van der Waals surface area contributed by atoms with Crippen molar-refractivity contribution in [1.82, 2.24) is 19.9 Å². The van der Waals surface area contributed by atoms with Crippen molar-refractivity contribution in [3.8, 4) is 11.1 Å². The molecule has 4 fully saturated rings. The number of aliphatic hydroxyl groups is 1. The molecule has 0 radical (unpaired) electrons. The SMILES string of the molecule is O=C(Nc1nc2ccc(-c3cnc(CO[C@H]4CCC[C@@H]4O)nc3)cc2s1)C1CC(N2CCO[C@@H]3CCC[C@@H]32)C1. The number of aliphatic hydroxyl groups excluding tert-OH is 1. The number of thiazole rings is 1. The number of anilines is 1. The molecule has 0 bridgehead atoms. The second-order valence-electron chi connectivity index (χ2n) is 11.4. The molecule has 1 aliphatic heterocycles.